The Morgan fingerprint density at radius 2 is 2.20 bits per heavy atom. The third-order valence-electron chi connectivity index (χ3n) is 3.59. The summed E-state index contributed by atoms with van der Waals surface area (Å²) < 4.78 is 0.601. The second-order valence-corrected chi connectivity index (χ2v) is 5.79. The minimum atomic E-state index is 0.00905. The van der Waals surface area contributed by atoms with Gasteiger partial charge in [0.1, 0.15) is 4.60 Å². The summed E-state index contributed by atoms with van der Waals surface area (Å²) >= 11 is 3.36. The number of anilines is 1. The number of aryl methyl sites for hydroxylation is 2. The number of aromatic nitrogens is 1. The molecule has 0 fully saturated rings. The molecule has 1 amide bonds. The molecule has 102 valence electrons. The highest BCUT2D eigenvalue weighted by atomic mass is 79.9. The molecule has 1 aromatic carbocycles. The van der Waals surface area contributed by atoms with Crippen LogP contribution in [-0.4, -0.2) is 17.4 Å². The van der Waals surface area contributed by atoms with E-state index in [1.165, 1.54) is 11.1 Å². The maximum absolute atomic E-state index is 12.7. The molecule has 2 aromatic rings. The van der Waals surface area contributed by atoms with E-state index in [4.69, 9.17) is 0 Å². The molecule has 0 bridgehead atoms. The van der Waals surface area contributed by atoms with Crippen molar-refractivity contribution in [2.24, 2.45) is 0 Å². The van der Waals surface area contributed by atoms with Gasteiger partial charge in [0.2, 0.25) is 0 Å². The van der Waals surface area contributed by atoms with Crippen LogP contribution in [0.4, 0.5) is 5.69 Å². The SMILES string of the molecule is Cc1ccc2c(c1)CCCN2C(=O)c1cccnc1Br. The summed E-state index contributed by atoms with van der Waals surface area (Å²) in [6.07, 6.45) is 3.71. The van der Waals surface area contributed by atoms with Crippen LogP contribution in [-0.2, 0) is 6.42 Å². The van der Waals surface area contributed by atoms with E-state index in [2.05, 4.69) is 40.0 Å². The summed E-state index contributed by atoms with van der Waals surface area (Å²) in [6, 6.07) is 9.88. The Hall–Kier alpha value is -1.68. The van der Waals surface area contributed by atoms with Crippen molar-refractivity contribution in [3.05, 3.63) is 57.8 Å². The van der Waals surface area contributed by atoms with Gasteiger partial charge in [-0.05, 0) is 59.5 Å². The lowest BCUT2D eigenvalue weighted by Gasteiger charge is -2.30. The van der Waals surface area contributed by atoms with Gasteiger partial charge in [-0.15, -0.1) is 0 Å². The van der Waals surface area contributed by atoms with Crippen LogP contribution in [0.15, 0.2) is 41.1 Å². The number of fused-ring (bicyclic) bond motifs is 1. The molecule has 1 aromatic heterocycles. The standard InChI is InChI=1S/C16H15BrN2O/c1-11-6-7-14-12(10-11)4-3-9-19(14)16(20)13-5-2-8-18-15(13)17/h2,5-8,10H,3-4,9H2,1H3. The molecule has 2 heterocycles. The van der Waals surface area contributed by atoms with Crippen molar-refractivity contribution < 1.29 is 4.79 Å². The fraction of sp³-hybridized carbons (Fsp3) is 0.250. The molecule has 0 unspecified atom stereocenters. The van der Waals surface area contributed by atoms with E-state index < -0.39 is 0 Å². The van der Waals surface area contributed by atoms with Gasteiger partial charge in [0.05, 0.1) is 5.56 Å². The zero-order valence-electron chi connectivity index (χ0n) is 11.3. The first-order chi connectivity index (χ1) is 9.66. The van der Waals surface area contributed by atoms with Gasteiger partial charge in [-0.3, -0.25) is 4.79 Å². The molecular formula is C16H15BrN2O. The number of hydrogen-bond donors (Lipinski definition) is 0. The molecule has 0 saturated heterocycles. The Bertz CT molecular complexity index is 669. The summed E-state index contributed by atoms with van der Waals surface area (Å²) in [4.78, 5) is 18.7. The molecule has 20 heavy (non-hydrogen) atoms. The van der Waals surface area contributed by atoms with E-state index in [1.54, 1.807) is 12.3 Å². The topological polar surface area (TPSA) is 33.2 Å². The fourth-order valence-electron chi connectivity index (χ4n) is 2.63. The molecule has 3 rings (SSSR count). The maximum Gasteiger partial charge on any atom is 0.261 e. The van der Waals surface area contributed by atoms with Crippen LogP contribution in [0.5, 0.6) is 0 Å². The number of nitrogens with zero attached hydrogens (tertiary/aromatic N) is 2. The highest BCUT2D eigenvalue weighted by Crippen LogP contribution is 2.30. The van der Waals surface area contributed by atoms with Crippen LogP contribution < -0.4 is 4.90 Å². The van der Waals surface area contributed by atoms with Gasteiger partial charge >= 0.3 is 0 Å². The average molecular weight is 331 g/mol. The number of carbonyl (C=O) groups excluding carboxylic acids is 1. The van der Waals surface area contributed by atoms with Crippen molar-refractivity contribution in [3.63, 3.8) is 0 Å². The Kier molecular flexibility index (Phi) is 3.57. The van der Waals surface area contributed by atoms with E-state index in [9.17, 15) is 4.79 Å². The summed E-state index contributed by atoms with van der Waals surface area (Å²) in [6.45, 7) is 2.84. The van der Waals surface area contributed by atoms with E-state index in [0.717, 1.165) is 25.1 Å². The first kappa shape index (κ1) is 13.3. The monoisotopic (exact) mass is 330 g/mol. The molecule has 0 N–H and O–H groups in total. The summed E-state index contributed by atoms with van der Waals surface area (Å²) in [7, 11) is 0. The smallest absolute Gasteiger partial charge is 0.261 e. The molecule has 3 nitrogen and oxygen atoms in total. The van der Waals surface area contributed by atoms with Gasteiger partial charge in [0.15, 0.2) is 0 Å². The highest BCUT2D eigenvalue weighted by Gasteiger charge is 2.24. The molecule has 0 atom stereocenters. The summed E-state index contributed by atoms with van der Waals surface area (Å²) in [5.74, 6) is 0.00905. The lowest BCUT2D eigenvalue weighted by molar-refractivity contribution is 0.0984. The second kappa shape index (κ2) is 5.37. The Balaban J connectivity index is 2.01. The van der Waals surface area contributed by atoms with Gasteiger partial charge in [-0.1, -0.05) is 17.7 Å². The maximum atomic E-state index is 12.7. The number of rotatable bonds is 1. The Morgan fingerprint density at radius 3 is 3.00 bits per heavy atom. The van der Waals surface area contributed by atoms with E-state index in [1.807, 2.05) is 17.0 Å². The molecule has 1 aliphatic heterocycles. The van der Waals surface area contributed by atoms with Gasteiger partial charge in [0.25, 0.3) is 5.91 Å². The second-order valence-electron chi connectivity index (χ2n) is 5.03. The van der Waals surface area contributed by atoms with E-state index in [-0.39, 0.29) is 5.91 Å². The normalized spacial score (nSPS) is 14.0. The van der Waals surface area contributed by atoms with E-state index >= 15 is 0 Å². The predicted octanol–water partition coefficient (Wildman–Crippen LogP) is 3.75. The van der Waals surface area contributed by atoms with Crippen LogP contribution in [0.25, 0.3) is 0 Å². The highest BCUT2D eigenvalue weighted by molar-refractivity contribution is 9.10. The van der Waals surface area contributed by atoms with Crippen molar-refractivity contribution >= 4 is 27.5 Å². The third kappa shape index (κ3) is 2.36. The van der Waals surface area contributed by atoms with Crippen molar-refractivity contribution in [1.29, 1.82) is 0 Å². The van der Waals surface area contributed by atoms with Crippen molar-refractivity contribution in [2.45, 2.75) is 19.8 Å². The average Bonchev–Trinajstić information content (AvgIpc) is 2.46. The number of benzene rings is 1. The van der Waals surface area contributed by atoms with E-state index in [0.29, 0.717) is 10.2 Å². The Labute approximate surface area is 126 Å². The fourth-order valence-corrected chi connectivity index (χ4v) is 3.05. The zero-order chi connectivity index (χ0) is 14.1. The predicted molar refractivity (Wildman–Crippen MR) is 83.1 cm³/mol. The van der Waals surface area contributed by atoms with Crippen LogP contribution in [0, 0.1) is 6.92 Å². The molecule has 0 saturated carbocycles. The molecule has 0 aliphatic carbocycles. The minimum absolute atomic E-state index is 0.00905. The van der Waals surface area contributed by atoms with Crippen LogP contribution in [0.3, 0.4) is 0 Å². The largest absolute Gasteiger partial charge is 0.308 e. The molecule has 4 heteroatoms. The first-order valence-corrected chi connectivity index (χ1v) is 7.48. The van der Waals surface area contributed by atoms with Crippen LogP contribution in [0.2, 0.25) is 0 Å². The molecular weight excluding hydrogens is 316 g/mol. The Morgan fingerprint density at radius 1 is 1.35 bits per heavy atom. The van der Waals surface area contributed by atoms with Gasteiger partial charge < -0.3 is 4.90 Å². The number of carbonyl (C=O) groups is 1. The molecule has 1 aliphatic rings. The first-order valence-electron chi connectivity index (χ1n) is 6.69. The van der Waals surface area contributed by atoms with Crippen LogP contribution >= 0.6 is 15.9 Å². The quantitative estimate of drug-likeness (QED) is 0.746. The molecule has 0 spiro atoms. The number of halogens is 1. The van der Waals surface area contributed by atoms with Crippen molar-refractivity contribution in [3.8, 4) is 0 Å². The van der Waals surface area contributed by atoms with Crippen molar-refractivity contribution in [1.82, 2.24) is 4.98 Å². The summed E-state index contributed by atoms with van der Waals surface area (Å²) in [5, 5.41) is 0. The number of hydrogen-bond acceptors (Lipinski definition) is 2. The minimum Gasteiger partial charge on any atom is -0.308 e. The lowest BCUT2D eigenvalue weighted by Crippen LogP contribution is -2.35. The third-order valence-corrected chi connectivity index (χ3v) is 4.22. The van der Waals surface area contributed by atoms with Gasteiger partial charge in [-0.2, -0.15) is 0 Å². The van der Waals surface area contributed by atoms with Gasteiger partial charge in [0, 0.05) is 18.4 Å². The summed E-state index contributed by atoms with van der Waals surface area (Å²) in [5.41, 5.74) is 4.13. The van der Waals surface area contributed by atoms with Crippen molar-refractivity contribution in [2.75, 3.05) is 11.4 Å². The lowest BCUT2D eigenvalue weighted by atomic mass is 9.99. The van der Waals surface area contributed by atoms with Crippen LogP contribution in [0.1, 0.15) is 27.9 Å². The number of amides is 1. The molecule has 0 radical (unpaired) electrons. The van der Waals surface area contributed by atoms with Gasteiger partial charge in [-0.25, -0.2) is 4.98 Å². The number of pyridine rings is 1. The zero-order valence-corrected chi connectivity index (χ0v) is 12.9.